The minimum absolute atomic E-state index is 0.356. The Kier molecular flexibility index (Phi) is 6.07. The van der Waals surface area contributed by atoms with E-state index in [1.54, 1.807) is 0 Å². The smallest absolute Gasteiger partial charge is 0.0473 e. The molecule has 1 aromatic rings. The lowest BCUT2D eigenvalue weighted by Gasteiger charge is -2.39. The zero-order valence-corrected chi connectivity index (χ0v) is 13.9. The maximum Gasteiger partial charge on any atom is 0.0473 e. The molecule has 118 valence electrons. The third kappa shape index (κ3) is 3.98. The summed E-state index contributed by atoms with van der Waals surface area (Å²) in [6.07, 6.45) is 6.81. The van der Waals surface area contributed by atoms with Crippen LogP contribution in [0.25, 0.3) is 0 Å². The molecule has 0 aliphatic heterocycles. The van der Waals surface area contributed by atoms with Crippen LogP contribution < -0.4 is 10.6 Å². The molecule has 1 saturated carbocycles. The highest BCUT2D eigenvalue weighted by Gasteiger charge is 2.26. The number of benzene rings is 1. The molecule has 2 N–H and O–H groups in total. The monoisotopic (exact) mass is 289 g/mol. The molecule has 0 spiro atoms. The maximum atomic E-state index is 6.13. The zero-order chi connectivity index (χ0) is 15.2. The van der Waals surface area contributed by atoms with Gasteiger partial charge in [0.1, 0.15) is 0 Å². The quantitative estimate of drug-likeness (QED) is 0.871. The lowest BCUT2D eigenvalue weighted by Crippen LogP contribution is -2.42. The van der Waals surface area contributed by atoms with Crippen LogP contribution in [-0.2, 0) is 0 Å². The Hall–Kier alpha value is -1.06. The van der Waals surface area contributed by atoms with Gasteiger partial charge < -0.3 is 10.6 Å². The second kappa shape index (κ2) is 7.81. The summed E-state index contributed by atoms with van der Waals surface area (Å²) in [5.74, 6) is 0. The van der Waals surface area contributed by atoms with Gasteiger partial charge in [0.25, 0.3) is 0 Å². The number of anilines is 1. The van der Waals surface area contributed by atoms with Crippen molar-refractivity contribution in [1.29, 1.82) is 0 Å². The molecule has 1 aliphatic carbocycles. The van der Waals surface area contributed by atoms with Gasteiger partial charge in [0.15, 0.2) is 0 Å². The summed E-state index contributed by atoms with van der Waals surface area (Å²) in [7, 11) is 4.16. The molecule has 1 aliphatic rings. The van der Waals surface area contributed by atoms with Crippen molar-refractivity contribution < 1.29 is 0 Å². The summed E-state index contributed by atoms with van der Waals surface area (Å²) >= 11 is 0. The Balaban J connectivity index is 2.15. The Morgan fingerprint density at radius 2 is 1.71 bits per heavy atom. The van der Waals surface area contributed by atoms with E-state index in [-0.39, 0.29) is 0 Å². The first-order chi connectivity index (χ1) is 10.2. The van der Waals surface area contributed by atoms with E-state index in [1.807, 2.05) is 0 Å². The summed E-state index contributed by atoms with van der Waals surface area (Å²) in [6, 6.07) is 9.97. The van der Waals surface area contributed by atoms with Crippen LogP contribution in [0.15, 0.2) is 24.3 Å². The van der Waals surface area contributed by atoms with Gasteiger partial charge in [-0.15, -0.1) is 0 Å². The Labute approximate surface area is 130 Å². The van der Waals surface area contributed by atoms with Crippen molar-refractivity contribution in [2.24, 2.45) is 5.73 Å². The van der Waals surface area contributed by atoms with Gasteiger partial charge in [-0.1, -0.05) is 38.3 Å². The largest absolute Gasteiger partial charge is 0.378 e. The van der Waals surface area contributed by atoms with Crippen molar-refractivity contribution in [3.05, 3.63) is 29.8 Å². The molecule has 0 saturated heterocycles. The van der Waals surface area contributed by atoms with Crippen molar-refractivity contribution in [2.45, 2.75) is 51.1 Å². The molecule has 3 nitrogen and oxygen atoms in total. The fourth-order valence-electron chi connectivity index (χ4n) is 3.60. The molecule has 1 unspecified atom stereocenters. The fraction of sp³-hybridized carbons (Fsp3) is 0.667. The minimum atomic E-state index is 0.356. The highest BCUT2D eigenvalue weighted by atomic mass is 15.2. The highest BCUT2D eigenvalue weighted by molar-refractivity contribution is 5.46. The number of hydrogen-bond acceptors (Lipinski definition) is 3. The van der Waals surface area contributed by atoms with Crippen LogP contribution in [-0.4, -0.2) is 38.1 Å². The van der Waals surface area contributed by atoms with Crippen LogP contribution in [0, 0.1) is 0 Å². The number of hydrogen-bond donors (Lipinski definition) is 1. The SMILES string of the molecule is CCN(C1CCCCC1)C(CN)c1ccc(N(C)C)cc1. The molecular weight excluding hydrogens is 258 g/mol. The van der Waals surface area contributed by atoms with Crippen molar-refractivity contribution in [3.63, 3.8) is 0 Å². The number of likely N-dealkylation sites (N-methyl/N-ethyl adjacent to an activating group) is 1. The number of nitrogens with zero attached hydrogens (tertiary/aromatic N) is 2. The molecule has 1 atom stereocenters. The average Bonchev–Trinajstić information content (AvgIpc) is 2.53. The van der Waals surface area contributed by atoms with E-state index in [1.165, 1.54) is 43.4 Å². The highest BCUT2D eigenvalue weighted by Crippen LogP contribution is 2.30. The maximum absolute atomic E-state index is 6.13. The van der Waals surface area contributed by atoms with E-state index >= 15 is 0 Å². The molecule has 2 rings (SSSR count). The summed E-state index contributed by atoms with van der Waals surface area (Å²) in [5, 5.41) is 0. The van der Waals surface area contributed by atoms with Crippen molar-refractivity contribution in [3.8, 4) is 0 Å². The van der Waals surface area contributed by atoms with E-state index < -0.39 is 0 Å². The third-order valence-corrected chi connectivity index (χ3v) is 4.83. The van der Waals surface area contributed by atoms with Gasteiger partial charge in [-0.2, -0.15) is 0 Å². The van der Waals surface area contributed by atoms with Gasteiger partial charge in [0.05, 0.1) is 0 Å². The number of rotatable bonds is 6. The van der Waals surface area contributed by atoms with Crippen LogP contribution in [0.3, 0.4) is 0 Å². The molecule has 1 fully saturated rings. The molecule has 0 radical (unpaired) electrons. The predicted octanol–water partition coefficient (Wildman–Crippen LogP) is 3.41. The number of nitrogens with two attached hydrogens (primary N) is 1. The standard InChI is InChI=1S/C18H31N3/c1-4-21(17-8-6-5-7-9-17)18(14-19)15-10-12-16(13-11-15)20(2)3/h10-13,17-18H,4-9,14,19H2,1-3H3. The summed E-state index contributed by atoms with van der Waals surface area (Å²) in [5.41, 5.74) is 8.74. The molecule has 3 heteroatoms. The van der Waals surface area contributed by atoms with E-state index in [4.69, 9.17) is 5.73 Å². The second-order valence-corrected chi connectivity index (χ2v) is 6.36. The van der Waals surface area contributed by atoms with Gasteiger partial charge in [-0.3, -0.25) is 4.90 Å². The fourth-order valence-corrected chi connectivity index (χ4v) is 3.60. The van der Waals surface area contributed by atoms with Crippen molar-refractivity contribution in [2.75, 3.05) is 32.1 Å². The van der Waals surface area contributed by atoms with Crippen molar-refractivity contribution >= 4 is 5.69 Å². The predicted molar refractivity (Wildman–Crippen MR) is 91.8 cm³/mol. The molecular formula is C18H31N3. The third-order valence-electron chi connectivity index (χ3n) is 4.83. The molecule has 0 bridgehead atoms. The summed E-state index contributed by atoms with van der Waals surface area (Å²) < 4.78 is 0. The Morgan fingerprint density at radius 1 is 1.10 bits per heavy atom. The van der Waals surface area contributed by atoms with Crippen LogP contribution in [0.2, 0.25) is 0 Å². The lowest BCUT2D eigenvalue weighted by atomic mass is 9.92. The molecule has 21 heavy (non-hydrogen) atoms. The first-order valence-corrected chi connectivity index (χ1v) is 8.40. The van der Waals surface area contributed by atoms with Crippen LogP contribution in [0.4, 0.5) is 5.69 Å². The topological polar surface area (TPSA) is 32.5 Å². The summed E-state index contributed by atoms with van der Waals surface area (Å²) in [6.45, 7) is 4.05. The van der Waals surface area contributed by atoms with Crippen LogP contribution >= 0.6 is 0 Å². The van der Waals surface area contributed by atoms with Crippen LogP contribution in [0.1, 0.15) is 50.6 Å². The first-order valence-electron chi connectivity index (χ1n) is 8.40. The van der Waals surface area contributed by atoms with E-state index in [0.717, 1.165) is 6.54 Å². The molecule has 0 aromatic heterocycles. The minimum Gasteiger partial charge on any atom is -0.378 e. The normalized spacial score (nSPS) is 18.0. The molecule has 0 amide bonds. The van der Waals surface area contributed by atoms with E-state index in [2.05, 4.69) is 55.1 Å². The summed E-state index contributed by atoms with van der Waals surface area (Å²) in [4.78, 5) is 4.77. The Bertz CT molecular complexity index is 407. The molecule has 0 heterocycles. The average molecular weight is 289 g/mol. The van der Waals surface area contributed by atoms with Crippen LogP contribution in [0.5, 0.6) is 0 Å². The Morgan fingerprint density at radius 3 is 2.19 bits per heavy atom. The van der Waals surface area contributed by atoms with Gasteiger partial charge in [0.2, 0.25) is 0 Å². The second-order valence-electron chi connectivity index (χ2n) is 6.36. The van der Waals surface area contributed by atoms with E-state index in [0.29, 0.717) is 18.6 Å². The zero-order valence-electron chi connectivity index (χ0n) is 13.9. The van der Waals surface area contributed by atoms with Gasteiger partial charge in [-0.25, -0.2) is 0 Å². The molecule has 1 aromatic carbocycles. The van der Waals surface area contributed by atoms with Gasteiger partial charge in [0, 0.05) is 38.4 Å². The van der Waals surface area contributed by atoms with E-state index in [9.17, 15) is 0 Å². The van der Waals surface area contributed by atoms with Gasteiger partial charge >= 0.3 is 0 Å². The van der Waals surface area contributed by atoms with Crippen molar-refractivity contribution in [1.82, 2.24) is 4.90 Å². The first kappa shape index (κ1) is 16.3. The lowest BCUT2D eigenvalue weighted by molar-refractivity contribution is 0.114. The van der Waals surface area contributed by atoms with Gasteiger partial charge in [-0.05, 0) is 37.1 Å².